The molecule has 1 N–H and O–H groups in total. The molecule has 1 aromatic heterocycles. The topological polar surface area (TPSA) is 36.1 Å². The summed E-state index contributed by atoms with van der Waals surface area (Å²) in [4.78, 5) is 18.7. The van der Waals surface area contributed by atoms with Crippen LogP contribution in [0.2, 0.25) is 0 Å². The molecule has 4 aromatic rings. The van der Waals surface area contributed by atoms with E-state index in [0.29, 0.717) is 12.1 Å². The second kappa shape index (κ2) is 6.64. The number of halogens is 1. The van der Waals surface area contributed by atoms with Gasteiger partial charge in [-0.15, -0.1) is 0 Å². The summed E-state index contributed by atoms with van der Waals surface area (Å²) < 4.78 is 13.5. The molecule has 1 aliphatic heterocycles. The molecule has 5 rings (SSSR count). The van der Waals surface area contributed by atoms with E-state index in [9.17, 15) is 9.18 Å². The maximum absolute atomic E-state index is 13.5. The number of carbonyl (C=O) groups is 1. The fraction of sp³-hybridized carbons (Fsp3) is 0.125. The van der Waals surface area contributed by atoms with Gasteiger partial charge in [0.1, 0.15) is 5.82 Å². The summed E-state index contributed by atoms with van der Waals surface area (Å²) in [5.74, 6) is -0.295. The Hall–Kier alpha value is -3.40. The van der Waals surface area contributed by atoms with Crippen LogP contribution < -0.4 is 0 Å². The Morgan fingerprint density at radius 3 is 2.43 bits per heavy atom. The van der Waals surface area contributed by atoms with Crippen molar-refractivity contribution < 1.29 is 9.18 Å². The Morgan fingerprint density at radius 2 is 1.64 bits per heavy atom. The Morgan fingerprint density at radius 1 is 0.929 bits per heavy atom. The number of benzene rings is 3. The fourth-order valence-electron chi connectivity index (χ4n) is 4.20. The number of amides is 1. The molecular formula is C24H19FN2O. The highest BCUT2D eigenvalue weighted by Gasteiger charge is 2.34. The van der Waals surface area contributed by atoms with Crippen LogP contribution in [-0.4, -0.2) is 22.3 Å². The quantitative estimate of drug-likeness (QED) is 0.524. The molecule has 0 radical (unpaired) electrons. The highest BCUT2D eigenvalue weighted by atomic mass is 19.1. The van der Waals surface area contributed by atoms with Crippen LogP contribution in [0, 0.1) is 5.82 Å². The van der Waals surface area contributed by atoms with Gasteiger partial charge >= 0.3 is 0 Å². The average Bonchev–Trinajstić information content (AvgIpc) is 3.13. The van der Waals surface area contributed by atoms with Gasteiger partial charge in [0.05, 0.1) is 6.04 Å². The van der Waals surface area contributed by atoms with E-state index in [-0.39, 0.29) is 17.8 Å². The third kappa shape index (κ3) is 2.69. The minimum Gasteiger partial charge on any atom is -0.356 e. The largest absolute Gasteiger partial charge is 0.356 e. The number of H-pyrrole nitrogens is 1. The zero-order valence-electron chi connectivity index (χ0n) is 15.2. The Bertz CT molecular complexity index is 1150. The van der Waals surface area contributed by atoms with E-state index in [1.54, 1.807) is 12.1 Å². The zero-order valence-corrected chi connectivity index (χ0v) is 15.2. The number of hydrogen-bond donors (Lipinski definition) is 1. The number of fused-ring (bicyclic) bond motifs is 3. The van der Waals surface area contributed by atoms with Gasteiger partial charge in [-0.05, 0) is 47.9 Å². The third-order valence-electron chi connectivity index (χ3n) is 5.50. The van der Waals surface area contributed by atoms with Gasteiger partial charge in [0.25, 0.3) is 5.91 Å². The smallest absolute Gasteiger partial charge is 0.254 e. The predicted octanol–water partition coefficient (Wildman–Crippen LogP) is 5.09. The summed E-state index contributed by atoms with van der Waals surface area (Å²) in [6, 6.07) is 23.7. The van der Waals surface area contributed by atoms with Crippen LogP contribution in [0.15, 0.2) is 78.9 Å². The minimum atomic E-state index is -0.280. The van der Waals surface area contributed by atoms with Gasteiger partial charge in [-0.25, -0.2) is 4.39 Å². The van der Waals surface area contributed by atoms with Crippen molar-refractivity contribution in [2.24, 2.45) is 0 Å². The summed E-state index contributed by atoms with van der Waals surface area (Å²) >= 11 is 0. The van der Waals surface area contributed by atoms with E-state index in [1.807, 2.05) is 47.4 Å². The molecule has 0 saturated heterocycles. The molecule has 0 fully saturated rings. The van der Waals surface area contributed by atoms with E-state index in [4.69, 9.17) is 0 Å². The molecule has 0 spiro atoms. The second-order valence-corrected chi connectivity index (χ2v) is 7.13. The standard InChI is InChI=1S/C24H19FN2O/c25-18-12-10-16(11-13-18)23-22-20(19-8-4-5-9-21(19)26-22)14-15-27(23)24(28)17-6-2-1-3-7-17/h1-13,23,26H,14-15H2/t23-/m0/s1. The first-order valence-corrected chi connectivity index (χ1v) is 9.43. The van der Waals surface area contributed by atoms with Crippen LogP contribution in [0.4, 0.5) is 4.39 Å². The Kier molecular flexibility index (Phi) is 3.97. The van der Waals surface area contributed by atoms with E-state index >= 15 is 0 Å². The molecule has 1 atom stereocenters. The number of rotatable bonds is 2. The number of aromatic amines is 1. The normalized spacial score (nSPS) is 16.2. The number of aromatic nitrogens is 1. The van der Waals surface area contributed by atoms with E-state index in [1.165, 1.54) is 23.1 Å². The van der Waals surface area contributed by atoms with Gasteiger partial charge in [0.2, 0.25) is 0 Å². The number of carbonyl (C=O) groups excluding carboxylic acids is 1. The maximum Gasteiger partial charge on any atom is 0.254 e. The molecule has 3 nitrogen and oxygen atoms in total. The lowest BCUT2D eigenvalue weighted by Gasteiger charge is -2.36. The number of nitrogens with zero attached hydrogens (tertiary/aromatic N) is 1. The summed E-state index contributed by atoms with van der Waals surface area (Å²) in [5, 5.41) is 1.19. The van der Waals surface area contributed by atoms with E-state index in [2.05, 4.69) is 17.1 Å². The van der Waals surface area contributed by atoms with Gasteiger partial charge in [0.15, 0.2) is 0 Å². The first-order valence-electron chi connectivity index (χ1n) is 9.43. The van der Waals surface area contributed by atoms with Gasteiger partial charge in [-0.1, -0.05) is 48.5 Å². The van der Waals surface area contributed by atoms with Crippen LogP contribution in [0.5, 0.6) is 0 Å². The van der Waals surface area contributed by atoms with E-state index in [0.717, 1.165) is 23.2 Å². The van der Waals surface area contributed by atoms with Gasteiger partial charge in [-0.2, -0.15) is 0 Å². The lowest BCUT2D eigenvalue weighted by atomic mass is 9.91. The lowest BCUT2D eigenvalue weighted by Crippen LogP contribution is -2.40. The van der Waals surface area contributed by atoms with Gasteiger partial charge in [-0.3, -0.25) is 4.79 Å². The Balaban J connectivity index is 1.67. The lowest BCUT2D eigenvalue weighted by molar-refractivity contribution is 0.0692. The maximum atomic E-state index is 13.5. The SMILES string of the molecule is O=C(c1ccccc1)N1CCc2c([nH]c3ccccc23)[C@@H]1c1ccc(F)cc1. The van der Waals surface area contributed by atoms with Crippen molar-refractivity contribution in [3.8, 4) is 0 Å². The van der Waals surface area contributed by atoms with E-state index < -0.39 is 0 Å². The summed E-state index contributed by atoms with van der Waals surface area (Å²) in [5.41, 5.74) is 4.88. The molecule has 3 aromatic carbocycles. The van der Waals surface area contributed by atoms with Gasteiger partial charge < -0.3 is 9.88 Å². The first-order chi connectivity index (χ1) is 13.7. The first kappa shape index (κ1) is 16.8. The molecule has 0 unspecified atom stereocenters. The van der Waals surface area contributed by atoms with Crippen molar-refractivity contribution in [3.05, 3.63) is 107 Å². The van der Waals surface area contributed by atoms with Gasteiger partial charge in [0, 0.05) is 28.7 Å². The van der Waals surface area contributed by atoms with Crippen molar-refractivity contribution in [1.29, 1.82) is 0 Å². The predicted molar refractivity (Wildman–Crippen MR) is 108 cm³/mol. The molecule has 1 amide bonds. The summed E-state index contributed by atoms with van der Waals surface area (Å²) in [6.45, 7) is 0.616. The molecular weight excluding hydrogens is 351 g/mol. The van der Waals surface area contributed by atoms with Crippen molar-refractivity contribution in [1.82, 2.24) is 9.88 Å². The monoisotopic (exact) mass is 370 g/mol. The highest BCUT2D eigenvalue weighted by Crippen LogP contribution is 2.39. The Labute approximate surface area is 162 Å². The van der Waals surface area contributed by atoms with Crippen molar-refractivity contribution >= 4 is 16.8 Å². The van der Waals surface area contributed by atoms with Crippen molar-refractivity contribution in [2.75, 3.05) is 6.54 Å². The number of nitrogens with one attached hydrogen (secondary N) is 1. The molecule has 138 valence electrons. The highest BCUT2D eigenvalue weighted by molar-refractivity contribution is 5.95. The van der Waals surface area contributed by atoms with Crippen LogP contribution in [0.1, 0.15) is 33.2 Å². The molecule has 2 heterocycles. The van der Waals surface area contributed by atoms with Crippen molar-refractivity contribution in [2.45, 2.75) is 12.5 Å². The fourth-order valence-corrected chi connectivity index (χ4v) is 4.20. The second-order valence-electron chi connectivity index (χ2n) is 7.13. The van der Waals surface area contributed by atoms with Crippen LogP contribution >= 0.6 is 0 Å². The van der Waals surface area contributed by atoms with Crippen LogP contribution in [0.3, 0.4) is 0 Å². The van der Waals surface area contributed by atoms with Crippen LogP contribution in [0.25, 0.3) is 10.9 Å². The van der Waals surface area contributed by atoms with Crippen LogP contribution in [-0.2, 0) is 6.42 Å². The molecule has 4 heteroatoms. The number of hydrogen-bond acceptors (Lipinski definition) is 1. The average molecular weight is 370 g/mol. The minimum absolute atomic E-state index is 0.0146. The molecule has 0 aliphatic carbocycles. The zero-order chi connectivity index (χ0) is 19.1. The van der Waals surface area contributed by atoms with Crippen molar-refractivity contribution in [3.63, 3.8) is 0 Å². The molecule has 0 saturated carbocycles. The molecule has 0 bridgehead atoms. The molecule has 1 aliphatic rings. The number of para-hydroxylation sites is 1. The third-order valence-corrected chi connectivity index (χ3v) is 5.50. The summed E-state index contributed by atoms with van der Waals surface area (Å²) in [7, 11) is 0. The molecule has 28 heavy (non-hydrogen) atoms. The summed E-state index contributed by atoms with van der Waals surface area (Å²) in [6.07, 6.45) is 0.787.